The first-order valence-electron chi connectivity index (χ1n) is 18.9. The molecule has 2 aliphatic carbocycles. The van der Waals surface area contributed by atoms with E-state index in [4.69, 9.17) is 0 Å². The van der Waals surface area contributed by atoms with E-state index >= 15 is 0 Å². The summed E-state index contributed by atoms with van der Waals surface area (Å²) in [5, 5.41) is 2.59. The van der Waals surface area contributed by atoms with Crippen molar-refractivity contribution in [2.24, 2.45) is 0 Å². The molecule has 8 aromatic carbocycles. The van der Waals surface area contributed by atoms with E-state index in [-0.39, 0.29) is 5.41 Å². The zero-order valence-electron chi connectivity index (χ0n) is 30.3. The monoisotopic (exact) mass is 707 g/mol. The van der Waals surface area contributed by atoms with Crippen molar-refractivity contribution in [1.82, 2.24) is 0 Å². The molecule has 0 radical (unpaired) electrons. The second kappa shape index (κ2) is 11.6. The van der Waals surface area contributed by atoms with Gasteiger partial charge in [-0.05, 0) is 92.0 Å². The Labute approximate surface area is 320 Å². The van der Waals surface area contributed by atoms with Gasteiger partial charge in [-0.3, -0.25) is 0 Å². The molecule has 0 aliphatic heterocycles. The van der Waals surface area contributed by atoms with Gasteiger partial charge < -0.3 is 4.90 Å². The van der Waals surface area contributed by atoms with Gasteiger partial charge in [0.1, 0.15) is 0 Å². The van der Waals surface area contributed by atoms with Gasteiger partial charge in [0.25, 0.3) is 0 Å². The Hall–Kier alpha value is -6.22. The lowest BCUT2D eigenvalue weighted by Gasteiger charge is -2.36. The van der Waals surface area contributed by atoms with Crippen molar-refractivity contribution >= 4 is 48.6 Å². The summed E-state index contributed by atoms with van der Waals surface area (Å²) in [6.45, 7) is 4.80. The van der Waals surface area contributed by atoms with Crippen LogP contribution in [0, 0.1) is 0 Å². The standard InChI is InChI=1S/C52H37NS/c1-51(2)42-25-12-9-22-38(42)40-24-15-28-46(50(40)51)53(45-27-16-30-48-49(45)41-23-11-14-29-47(41)54-48)36-31-32-39-37-21-10-13-26-43(37)52(44(39)33-36,34-17-5-3-6-18-34)35-19-7-4-8-20-35/h3-33H,1-2H3. The molecule has 0 fully saturated rings. The molecule has 0 unspecified atom stereocenters. The van der Waals surface area contributed by atoms with Gasteiger partial charge in [-0.2, -0.15) is 0 Å². The summed E-state index contributed by atoms with van der Waals surface area (Å²) in [4.78, 5) is 2.58. The maximum Gasteiger partial charge on any atom is 0.0714 e. The van der Waals surface area contributed by atoms with Crippen molar-refractivity contribution in [3.8, 4) is 22.3 Å². The lowest BCUT2D eigenvalue weighted by atomic mass is 9.67. The zero-order valence-corrected chi connectivity index (χ0v) is 31.1. The number of thiophene rings is 1. The van der Waals surface area contributed by atoms with Crippen molar-refractivity contribution in [3.05, 3.63) is 221 Å². The van der Waals surface area contributed by atoms with Crippen LogP contribution in [-0.2, 0) is 10.8 Å². The average Bonchev–Trinajstić information content (AvgIpc) is 3.83. The van der Waals surface area contributed by atoms with E-state index in [0.29, 0.717) is 0 Å². The van der Waals surface area contributed by atoms with Crippen molar-refractivity contribution in [2.45, 2.75) is 24.7 Å². The highest BCUT2D eigenvalue weighted by molar-refractivity contribution is 7.26. The maximum atomic E-state index is 2.58. The molecule has 0 atom stereocenters. The van der Waals surface area contributed by atoms with Gasteiger partial charge in [-0.25, -0.2) is 0 Å². The first-order chi connectivity index (χ1) is 26.6. The van der Waals surface area contributed by atoms with Gasteiger partial charge in [0.05, 0.1) is 16.8 Å². The minimum absolute atomic E-state index is 0.198. The largest absolute Gasteiger partial charge is 0.309 e. The first kappa shape index (κ1) is 31.3. The molecule has 0 saturated heterocycles. The number of rotatable bonds is 5. The van der Waals surface area contributed by atoms with Gasteiger partial charge in [0.15, 0.2) is 0 Å². The molecule has 0 bridgehead atoms. The van der Waals surface area contributed by atoms with Crippen LogP contribution in [0.15, 0.2) is 188 Å². The van der Waals surface area contributed by atoms with Crippen LogP contribution in [0.4, 0.5) is 17.1 Å². The maximum absolute atomic E-state index is 2.58. The van der Waals surface area contributed by atoms with Gasteiger partial charge in [0, 0.05) is 31.3 Å². The molecule has 256 valence electrons. The number of fused-ring (bicyclic) bond motifs is 9. The number of hydrogen-bond donors (Lipinski definition) is 0. The predicted molar refractivity (Wildman–Crippen MR) is 229 cm³/mol. The Morgan fingerprint density at radius 3 is 1.74 bits per heavy atom. The van der Waals surface area contributed by atoms with E-state index in [1.165, 1.54) is 87.2 Å². The summed E-state index contributed by atoms with van der Waals surface area (Å²) in [7, 11) is 0. The summed E-state index contributed by atoms with van der Waals surface area (Å²) in [6.07, 6.45) is 0. The highest BCUT2D eigenvalue weighted by Gasteiger charge is 2.46. The molecule has 0 saturated carbocycles. The van der Waals surface area contributed by atoms with Crippen LogP contribution >= 0.6 is 11.3 Å². The topological polar surface area (TPSA) is 3.24 Å². The summed E-state index contributed by atoms with van der Waals surface area (Å²) in [5.41, 5.74) is 16.0. The molecule has 9 aromatic rings. The fourth-order valence-corrected chi connectivity index (χ4v) is 11.1. The van der Waals surface area contributed by atoms with Crippen LogP contribution in [0.3, 0.4) is 0 Å². The van der Waals surface area contributed by atoms with Crippen molar-refractivity contribution < 1.29 is 0 Å². The third-order valence-electron chi connectivity index (χ3n) is 12.1. The normalized spacial score (nSPS) is 14.4. The van der Waals surface area contributed by atoms with Crippen LogP contribution in [0.2, 0.25) is 0 Å². The minimum Gasteiger partial charge on any atom is -0.309 e. The van der Waals surface area contributed by atoms with Gasteiger partial charge in [-0.1, -0.05) is 166 Å². The van der Waals surface area contributed by atoms with Crippen LogP contribution in [-0.4, -0.2) is 0 Å². The molecule has 1 aromatic heterocycles. The molecule has 1 heterocycles. The molecule has 0 N–H and O–H groups in total. The highest BCUT2D eigenvalue weighted by Crippen LogP contribution is 2.59. The number of hydrogen-bond acceptors (Lipinski definition) is 2. The molecule has 0 spiro atoms. The molecule has 1 nitrogen and oxygen atoms in total. The Morgan fingerprint density at radius 1 is 0.426 bits per heavy atom. The Balaban J connectivity index is 1.26. The number of benzene rings is 8. The summed E-state index contributed by atoms with van der Waals surface area (Å²) in [6, 6.07) is 70.2. The smallest absolute Gasteiger partial charge is 0.0714 e. The SMILES string of the molecule is CC1(C)c2ccccc2-c2cccc(N(c3ccc4c(c3)C(c3ccccc3)(c3ccccc3)c3ccccc3-4)c3cccc4sc5ccccc5c34)c21. The molecule has 11 rings (SSSR count). The lowest BCUT2D eigenvalue weighted by molar-refractivity contribution is 0.661. The van der Waals surface area contributed by atoms with Crippen LogP contribution < -0.4 is 4.90 Å². The lowest BCUT2D eigenvalue weighted by Crippen LogP contribution is -2.28. The fraction of sp³-hybridized carbons (Fsp3) is 0.0769. The van der Waals surface area contributed by atoms with Crippen LogP contribution in [0.5, 0.6) is 0 Å². The number of nitrogens with zero attached hydrogens (tertiary/aromatic N) is 1. The van der Waals surface area contributed by atoms with E-state index < -0.39 is 5.41 Å². The zero-order chi connectivity index (χ0) is 36.0. The highest BCUT2D eigenvalue weighted by atomic mass is 32.1. The van der Waals surface area contributed by atoms with Gasteiger partial charge in [0.2, 0.25) is 0 Å². The second-order valence-corrected chi connectivity index (χ2v) is 16.3. The quantitative estimate of drug-likeness (QED) is 0.172. The van der Waals surface area contributed by atoms with Crippen LogP contribution in [0.1, 0.15) is 47.2 Å². The molecular formula is C52H37NS. The van der Waals surface area contributed by atoms with Crippen molar-refractivity contribution in [3.63, 3.8) is 0 Å². The average molecular weight is 708 g/mol. The fourth-order valence-electron chi connectivity index (χ4n) is 9.93. The summed E-state index contributed by atoms with van der Waals surface area (Å²) < 4.78 is 2.60. The van der Waals surface area contributed by atoms with Gasteiger partial charge in [-0.15, -0.1) is 11.3 Å². The van der Waals surface area contributed by atoms with Crippen molar-refractivity contribution in [1.29, 1.82) is 0 Å². The molecule has 0 amide bonds. The third kappa shape index (κ3) is 4.20. The second-order valence-electron chi connectivity index (χ2n) is 15.2. The van der Waals surface area contributed by atoms with Crippen LogP contribution in [0.25, 0.3) is 42.4 Å². The predicted octanol–water partition coefficient (Wildman–Crippen LogP) is 14.2. The van der Waals surface area contributed by atoms with E-state index in [1.54, 1.807) is 0 Å². The molecular weight excluding hydrogens is 671 g/mol. The van der Waals surface area contributed by atoms with Gasteiger partial charge >= 0.3 is 0 Å². The van der Waals surface area contributed by atoms with E-state index in [9.17, 15) is 0 Å². The Bertz CT molecular complexity index is 2880. The molecule has 2 heteroatoms. The van der Waals surface area contributed by atoms with E-state index in [2.05, 4.69) is 207 Å². The minimum atomic E-state index is -0.495. The first-order valence-corrected chi connectivity index (χ1v) is 19.7. The molecule has 2 aliphatic rings. The summed E-state index contributed by atoms with van der Waals surface area (Å²) >= 11 is 1.88. The van der Waals surface area contributed by atoms with E-state index in [0.717, 1.165) is 5.69 Å². The molecule has 54 heavy (non-hydrogen) atoms. The van der Waals surface area contributed by atoms with Crippen molar-refractivity contribution in [2.75, 3.05) is 4.90 Å². The number of anilines is 3. The third-order valence-corrected chi connectivity index (χ3v) is 13.3. The van der Waals surface area contributed by atoms with E-state index in [1.807, 2.05) is 11.3 Å². The summed E-state index contributed by atoms with van der Waals surface area (Å²) in [5.74, 6) is 0. The Kier molecular flexibility index (Phi) is 6.75. The Morgan fingerprint density at radius 2 is 0.981 bits per heavy atom.